The van der Waals surface area contributed by atoms with Gasteiger partial charge in [0.25, 0.3) is 5.91 Å². The summed E-state index contributed by atoms with van der Waals surface area (Å²) in [6.45, 7) is 32.5. The molecule has 8 bridgehead atoms. The van der Waals surface area contributed by atoms with E-state index in [0.717, 1.165) is 69.8 Å². The maximum absolute atomic E-state index is 14.3. The number of hydrogen-bond donors (Lipinski definition) is 3. The van der Waals surface area contributed by atoms with Gasteiger partial charge in [-0.3, -0.25) is 14.4 Å². The first-order valence-electron chi connectivity index (χ1n) is 26.6. The smallest absolute Gasteiger partial charge is 0.310 e. The van der Waals surface area contributed by atoms with Crippen LogP contribution < -0.4 is 16.0 Å². The van der Waals surface area contributed by atoms with Crippen LogP contribution in [-0.2, 0) is 23.9 Å². The molecule has 388 valence electrons. The molecule has 0 spiro atoms. The lowest BCUT2D eigenvalue weighted by molar-refractivity contribution is -0.143. The molecule has 1 fully saturated rings. The van der Waals surface area contributed by atoms with Crippen molar-refractivity contribution in [2.24, 2.45) is 44.6 Å². The number of hydrogen-bond acceptors (Lipinski definition) is 10. The predicted molar refractivity (Wildman–Crippen MR) is 297 cm³/mol. The van der Waals surface area contributed by atoms with E-state index in [-0.39, 0.29) is 49.7 Å². The summed E-state index contributed by atoms with van der Waals surface area (Å²) >= 11 is 0. The highest BCUT2D eigenvalue weighted by Gasteiger charge is 2.40. The van der Waals surface area contributed by atoms with E-state index in [0.29, 0.717) is 64.8 Å². The van der Waals surface area contributed by atoms with Crippen LogP contribution in [0.2, 0.25) is 0 Å². The molecule has 0 saturated carbocycles. The average Bonchev–Trinajstić information content (AvgIpc) is 4.04. The van der Waals surface area contributed by atoms with Crippen molar-refractivity contribution in [3.05, 3.63) is 142 Å². The number of fused-ring (bicyclic) bond motifs is 5. The fourth-order valence-electron chi connectivity index (χ4n) is 10.2. The molecule has 11 nitrogen and oxygen atoms in total. The number of esters is 2. The summed E-state index contributed by atoms with van der Waals surface area (Å²) in [5.74, 6) is 0.674. The minimum Gasteiger partial charge on any atom is -0.469 e. The lowest BCUT2D eigenvalue weighted by atomic mass is 9.84. The third kappa shape index (κ3) is 15.0. The third-order valence-electron chi connectivity index (χ3n) is 14.6. The summed E-state index contributed by atoms with van der Waals surface area (Å²) in [4.78, 5) is 57.0. The first kappa shape index (κ1) is 56.8. The molecule has 0 aliphatic carbocycles. The Bertz CT molecular complexity index is 2490. The van der Waals surface area contributed by atoms with Gasteiger partial charge < -0.3 is 25.4 Å². The third-order valence-corrected chi connectivity index (χ3v) is 14.6. The van der Waals surface area contributed by atoms with E-state index in [9.17, 15) is 14.4 Å². The number of methoxy groups -OCH3 is 1. The maximum Gasteiger partial charge on any atom is 0.310 e. The van der Waals surface area contributed by atoms with Gasteiger partial charge in [0.05, 0.1) is 53.3 Å². The summed E-state index contributed by atoms with van der Waals surface area (Å²) in [6, 6.07) is 0. The number of aliphatic imine (C=N–C) groups is 3. The Labute approximate surface area is 431 Å². The predicted octanol–water partition coefficient (Wildman–Crippen LogP) is 12.8. The highest BCUT2D eigenvalue weighted by molar-refractivity contribution is 6.31. The van der Waals surface area contributed by atoms with Crippen molar-refractivity contribution in [1.82, 2.24) is 16.0 Å². The van der Waals surface area contributed by atoms with Crippen LogP contribution in [0.5, 0.6) is 0 Å². The second-order valence-electron chi connectivity index (χ2n) is 20.6. The zero-order valence-electron chi connectivity index (χ0n) is 45.3. The molecule has 72 heavy (non-hydrogen) atoms. The van der Waals surface area contributed by atoms with Crippen LogP contribution in [0.1, 0.15) is 146 Å². The Morgan fingerprint density at radius 3 is 2.17 bits per heavy atom. The van der Waals surface area contributed by atoms with E-state index in [1.165, 1.54) is 57.6 Å². The van der Waals surface area contributed by atoms with Gasteiger partial charge in [-0.05, 0) is 105 Å². The van der Waals surface area contributed by atoms with Gasteiger partial charge in [0, 0.05) is 65.7 Å². The quantitative estimate of drug-likeness (QED) is 0.0422. The monoisotopic (exact) mass is 981 g/mol. The molecule has 0 radical (unpaired) electrons. The van der Waals surface area contributed by atoms with Crippen LogP contribution in [0, 0.1) is 29.6 Å². The highest BCUT2D eigenvalue weighted by Crippen LogP contribution is 2.43. The van der Waals surface area contributed by atoms with Crippen LogP contribution in [0.15, 0.2) is 157 Å². The largest absolute Gasteiger partial charge is 0.469 e. The Kier molecular flexibility index (Phi) is 21.8. The standard InChI is InChI=1S/C61H84N6O5/c1-14-30-62-37-49-46(17-4)54-35-52-44(12)58(61(70)63-31-15-2)60(67-52)48(33-57(69)71-13)59-47(43(11)51(66-59)34-50-42(10)45(16-3)53(64-50)36-55(49)65-54)27-28-56(68)72-32-29-41(9)26-20-25-40(8)24-19-23-39(7)22-18-21-38(5)6/h14-16,29,34-40,43,47,62,66H,1-3,17-28,30-33H2,4-13H3,(H,63,70)/b41-29?,49-37+,51-34?,52-35?,53-36?,59-48?. The number of amides is 1. The van der Waals surface area contributed by atoms with E-state index >= 15 is 0 Å². The van der Waals surface area contributed by atoms with Crippen molar-refractivity contribution in [2.75, 3.05) is 26.8 Å². The molecule has 5 aliphatic rings. The summed E-state index contributed by atoms with van der Waals surface area (Å²) < 4.78 is 11.2. The molecule has 3 N–H and O–H groups in total. The van der Waals surface area contributed by atoms with Gasteiger partial charge in [-0.25, -0.2) is 15.0 Å². The zero-order chi connectivity index (χ0) is 52.5. The number of nitrogens with zero attached hydrogens (tertiary/aromatic N) is 3. The Balaban J connectivity index is 1.46. The summed E-state index contributed by atoms with van der Waals surface area (Å²) in [6.07, 6.45) is 27.4. The van der Waals surface area contributed by atoms with Crippen LogP contribution in [-0.4, -0.2) is 61.8 Å². The Hall–Kier alpha value is -6.10. The number of nitrogens with one attached hydrogen (secondary N) is 3. The molecule has 0 aromatic heterocycles. The van der Waals surface area contributed by atoms with Gasteiger partial charge in [0.1, 0.15) is 6.61 Å². The molecule has 1 saturated heterocycles. The van der Waals surface area contributed by atoms with Crippen LogP contribution >= 0.6 is 0 Å². The molecule has 5 heterocycles. The SMILES string of the molecule is C=CCN/C=C1/C2=NC(=C1CC)C=C1N=C(C(CC(=O)OC)=C3NC(=CC4=NC(=C2)C(C=C)=C4C)C(C)C3CCC(=O)OCC=C(C)CCCC(C)CCCC(C)CCCC(C)C)C(C(=O)NCC=C)=C1C. The second kappa shape index (κ2) is 27.6. The highest BCUT2D eigenvalue weighted by atomic mass is 16.5. The maximum atomic E-state index is 14.3. The molecule has 4 unspecified atom stereocenters. The molecule has 0 aromatic rings. The summed E-state index contributed by atoms with van der Waals surface area (Å²) in [5.41, 5.74) is 11.8. The van der Waals surface area contributed by atoms with Crippen molar-refractivity contribution < 1.29 is 23.9 Å². The van der Waals surface area contributed by atoms with Crippen LogP contribution in [0.25, 0.3) is 0 Å². The molecular formula is C61H84N6O5. The number of ether oxygens (including phenoxy) is 2. The van der Waals surface area contributed by atoms with Crippen LogP contribution in [0.3, 0.4) is 0 Å². The Morgan fingerprint density at radius 1 is 0.819 bits per heavy atom. The number of carbonyl (C=O) groups excluding carboxylic acids is 3. The van der Waals surface area contributed by atoms with Crippen molar-refractivity contribution in [2.45, 2.75) is 146 Å². The molecule has 5 rings (SSSR count). The molecule has 5 aliphatic heterocycles. The van der Waals surface area contributed by atoms with Gasteiger partial charge >= 0.3 is 11.9 Å². The topological polar surface area (TPSA) is 143 Å². The van der Waals surface area contributed by atoms with Gasteiger partial charge in [-0.2, -0.15) is 0 Å². The van der Waals surface area contributed by atoms with E-state index in [1.807, 2.05) is 50.4 Å². The average molecular weight is 981 g/mol. The van der Waals surface area contributed by atoms with Crippen molar-refractivity contribution >= 4 is 35.0 Å². The molecule has 0 aromatic carbocycles. The first-order valence-corrected chi connectivity index (χ1v) is 26.6. The van der Waals surface area contributed by atoms with Crippen molar-refractivity contribution in [3.8, 4) is 0 Å². The summed E-state index contributed by atoms with van der Waals surface area (Å²) in [7, 11) is 1.35. The molecule has 11 heteroatoms. The van der Waals surface area contributed by atoms with E-state index in [1.54, 1.807) is 12.2 Å². The van der Waals surface area contributed by atoms with Crippen LogP contribution in [0.4, 0.5) is 0 Å². The minimum absolute atomic E-state index is 0.137. The number of carbonyl (C=O) groups is 3. The van der Waals surface area contributed by atoms with Crippen molar-refractivity contribution in [1.29, 1.82) is 0 Å². The molecular weight excluding hydrogens is 897 g/mol. The zero-order valence-corrected chi connectivity index (χ0v) is 45.3. The van der Waals surface area contributed by atoms with E-state index in [2.05, 4.69) is 84.2 Å². The minimum atomic E-state index is -0.498. The van der Waals surface area contributed by atoms with Gasteiger partial charge in [-0.15, -0.1) is 13.2 Å². The summed E-state index contributed by atoms with van der Waals surface area (Å²) in [5, 5.41) is 10.0. The lowest BCUT2D eigenvalue weighted by Gasteiger charge is -2.20. The Morgan fingerprint density at radius 2 is 1.51 bits per heavy atom. The van der Waals surface area contributed by atoms with Gasteiger partial charge in [0.2, 0.25) is 0 Å². The fourth-order valence-corrected chi connectivity index (χ4v) is 10.2. The molecule has 1 amide bonds. The first-order chi connectivity index (χ1) is 34.5. The van der Waals surface area contributed by atoms with Gasteiger partial charge in [-0.1, -0.05) is 117 Å². The van der Waals surface area contributed by atoms with E-state index in [4.69, 9.17) is 24.5 Å². The fraction of sp³-hybridized carbons (Fsp3) is 0.508. The number of allylic oxidation sites excluding steroid dienone is 11. The second-order valence-corrected chi connectivity index (χ2v) is 20.6. The molecule has 4 atom stereocenters. The number of rotatable bonds is 27. The van der Waals surface area contributed by atoms with Crippen molar-refractivity contribution in [3.63, 3.8) is 0 Å². The van der Waals surface area contributed by atoms with E-state index < -0.39 is 5.97 Å². The lowest BCUT2D eigenvalue weighted by Crippen LogP contribution is -2.30. The normalized spacial score (nSPS) is 20.2. The van der Waals surface area contributed by atoms with Gasteiger partial charge in [0.15, 0.2) is 0 Å².